The number of benzene rings is 1. The third-order valence-corrected chi connectivity index (χ3v) is 3.69. The molecule has 2 rings (SSSR count). The van der Waals surface area contributed by atoms with E-state index >= 15 is 0 Å². The molecule has 0 radical (unpaired) electrons. The van der Waals surface area contributed by atoms with Crippen LogP contribution < -0.4 is 5.43 Å². The fourth-order valence-corrected chi connectivity index (χ4v) is 1.95. The van der Waals surface area contributed by atoms with Crippen LogP contribution in [0, 0.1) is 0 Å². The number of hydrazine groups is 1. The van der Waals surface area contributed by atoms with Gasteiger partial charge in [-0.15, -0.1) is 0 Å². The van der Waals surface area contributed by atoms with Gasteiger partial charge in [-0.25, -0.2) is 5.01 Å². The Kier molecular flexibility index (Phi) is 4.39. The standard InChI is InChI=1S/C11H12BrClN2O2/c12-9-2-1-8(7-10(9)13)11(16)14-15-3-5-17-6-4-15/h1-2,7H,3-6H2,(H,14,16). The number of halogens is 2. The van der Waals surface area contributed by atoms with Gasteiger partial charge in [0.25, 0.3) is 5.91 Å². The molecule has 6 heteroatoms. The Morgan fingerprint density at radius 1 is 1.41 bits per heavy atom. The van der Waals surface area contributed by atoms with E-state index in [4.69, 9.17) is 16.3 Å². The molecular formula is C11H12BrClN2O2. The zero-order chi connectivity index (χ0) is 12.3. The molecule has 0 aromatic heterocycles. The molecule has 1 heterocycles. The van der Waals surface area contributed by atoms with Crippen molar-refractivity contribution in [1.29, 1.82) is 0 Å². The molecule has 0 spiro atoms. The third kappa shape index (κ3) is 3.42. The molecule has 92 valence electrons. The number of carbonyl (C=O) groups excluding carboxylic acids is 1. The number of rotatable bonds is 2. The van der Waals surface area contributed by atoms with Gasteiger partial charge in [0.2, 0.25) is 0 Å². The van der Waals surface area contributed by atoms with Crippen molar-refractivity contribution in [3.05, 3.63) is 33.3 Å². The predicted molar refractivity (Wildman–Crippen MR) is 69.0 cm³/mol. The Balaban J connectivity index is 2.01. The molecule has 1 aliphatic rings. The molecule has 1 amide bonds. The summed E-state index contributed by atoms with van der Waals surface area (Å²) in [5.41, 5.74) is 3.37. The van der Waals surface area contributed by atoms with Crippen LogP contribution in [0.1, 0.15) is 10.4 Å². The van der Waals surface area contributed by atoms with Crippen molar-refractivity contribution in [3.8, 4) is 0 Å². The smallest absolute Gasteiger partial charge is 0.265 e. The first-order valence-electron chi connectivity index (χ1n) is 5.25. The Morgan fingerprint density at radius 3 is 2.76 bits per heavy atom. The average Bonchev–Trinajstić information content (AvgIpc) is 2.34. The van der Waals surface area contributed by atoms with Crippen LogP contribution >= 0.6 is 27.5 Å². The van der Waals surface area contributed by atoms with Gasteiger partial charge < -0.3 is 4.74 Å². The maximum Gasteiger partial charge on any atom is 0.265 e. The van der Waals surface area contributed by atoms with Gasteiger partial charge in [-0.3, -0.25) is 10.2 Å². The van der Waals surface area contributed by atoms with Gasteiger partial charge in [0, 0.05) is 23.1 Å². The van der Waals surface area contributed by atoms with Gasteiger partial charge in [-0.1, -0.05) is 11.6 Å². The molecule has 4 nitrogen and oxygen atoms in total. The number of hydrogen-bond acceptors (Lipinski definition) is 3. The monoisotopic (exact) mass is 318 g/mol. The summed E-state index contributed by atoms with van der Waals surface area (Å²) in [6.07, 6.45) is 0. The van der Waals surface area contributed by atoms with Crippen molar-refractivity contribution < 1.29 is 9.53 Å². The highest BCUT2D eigenvalue weighted by molar-refractivity contribution is 9.10. The minimum Gasteiger partial charge on any atom is -0.379 e. The van der Waals surface area contributed by atoms with Crippen molar-refractivity contribution in [2.45, 2.75) is 0 Å². The van der Waals surface area contributed by atoms with Crippen molar-refractivity contribution >= 4 is 33.4 Å². The summed E-state index contributed by atoms with van der Waals surface area (Å²) in [6, 6.07) is 5.13. The van der Waals surface area contributed by atoms with Gasteiger partial charge in [0.1, 0.15) is 0 Å². The van der Waals surface area contributed by atoms with Gasteiger partial charge in [0.15, 0.2) is 0 Å². The fraction of sp³-hybridized carbons (Fsp3) is 0.364. The van der Waals surface area contributed by atoms with Crippen molar-refractivity contribution in [1.82, 2.24) is 10.4 Å². The Hall–Kier alpha value is -0.620. The van der Waals surface area contributed by atoms with E-state index in [-0.39, 0.29) is 5.91 Å². The Bertz CT molecular complexity index is 422. The number of carbonyl (C=O) groups is 1. The summed E-state index contributed by atoms with van der Waals surface area (Å²) >= 11 is 9.23. The zero-order valence-corrected chi connectivity index (χ0v) is 11.4. The second-order valence-electron chi connectivity index (χ2n) is 3.67. The number of ether oxygens (including phenoxy) is 1. The first-order chi connectivity index (χ1) is 8.16. The third-order valence-electron chi connectivity index (χ3n) is 2.45. The normalized spacial score (nSPS) is 16.8. The molecule has 1 N–H and O–H groups in total. The minimum atomic E-state index is -0.152. The fourth-order valence-electron chi connectivity index (χ4n) is 1.52. The first kappa shape index (κ1) is 12.8. The number of amides is 1. The van der Waals surface area contributed by atoms with E-state index in [1.165, 1.54) is 0 Å². The van der Waals surface area contributed by atoms with Gasteiger partial charge in [-0.2, -0.15) is 0 Å². The highest BCUT2D eigenvalue weighted by atomic mass is 79.9. The van der Waals surface area contributed by atoms with Gasteiger partial charge in [0.05, 0.1) is 18.2 Å². The lowest BCUT2D eigenvalue weighted by Crippen LogP contribution is -2.48. The van der Waals surface area contributed by atoms with E-state index in [1.807, 2.05) is 5.01 Å². The van der Waals surface area contributed by atoms with Crippen molar-refractivity contribution in [2.24, 2.45) is 0 Å². The Labute approximate surface area is 113 Å². The lowest BCUT2D eigenvalue weighted by Gasteiger charge is -2.26. The van der Waals surface area contributed by atoms with Crippen LogP contribution in [0.4, 0.5) is 0 Å². The summed E-state index contributed by atoms with van der Waals surface area (Å²) in [4.78, 5) is 11.9. The van der Waals surface area contributed by atoms with E-state index in [0.29, 0.717) is 36.9 Å². The zero-order valence-electron chi connectivity index (χ0n) is 9.08. The molecule has 0 atom stereocenters. The van der Waals surface area contributed by atoms with Crippen LogP contribution in [0.15, 0.2) is 22.7 Å². The van der Waals surface area contributed by atoms with Crippen LogP contribution in [-0.2, 0) is 4.74 Å². The number of hydrogen-bond donors (Lipinski definition) is 1. The molecular weight excluding hydrogens is 307 g/mol. The van der Waals surface area contributed by atoms with Crippen molar-refractivity contribution in [3.63, 3.8) is 0 Å². The summed E-state index contributed by atoms with van der Waals surface area (Å²) in [5, 5.41) is 2.38. The average molecular weight is 320 g/mol. The summed E-state index contributed by atoms with van der Waals surface area (Å²) in [6.45, 7) is 2.69. The molecule has 0 saturated carbocycles. The Morgan fingerprint density at radius 2 is 2.12 bits per heavy atom. The molecule has 1 fully saturated rings. The van der Waals surface area contributed by atoms with Crippen LogP contribution in [0.25, 0.3) is 0 Å². The summed E-state index contributed by atoms with van der Waals surface area (Å²) in [5.74, 6) is -0.152. The van der Waals surface area contributed by atoms with E-state index in [2.05, 4.69) is 21.4 Å². The van der Waals surface area contributed by atoms with Gasteiger partial charge >= 0.3 is 0 Å². The summed E-state index contributed by atoms with van der Waals surface area (Å²) < 4.78 is 5.98. The molecule has 0 unspecified atom stereocenters. The maximum atomic E-state index is 11.9. The molecule has 1 aromatic rings. The van der Waals surface area contributed by atoms with E-state index in [9.17, 15) is 4.79 Å². The molecule has 0 bridgehead atoms. The first-order valence-corrected chi connectivity index (χ1v) is 6.42. The quantitative estimate of drug-likeness (QED) is 0.907. The second kappa shape index (κ2) is 5.82. The predicted octanol–water partition coefficient (Wildman–Crippen LogP) is 2.08. The molecule has 1 aromatic carbocycles. The SMILES string of the molecule is O=C(NN1CCOCC1)c1ccc(Br)c(Cl)c1. The van der Waals surface area contributed by atoms with E-state index in [1.54, 1.807) is 18.2 Å². The highest BCUT2D eigenvalue weighted by Gasteiger charge is 2.14. The lowest BCUT2D eigenvalue weighted by atomic mass is 10.2. The number of nitrogens with zero attached hydrogens (tertiary/aromatic N) is 1. The summed E-state index contributed by atoms with van der Waals surface area (Å²) in [7, 11) is 0. The minimum absolute atomic E-state index is 0.152. The largest absolute Gasteiger partial charge is 0.379 e. The van der Waals surface area contributed by atoms with Crippen molar-refractivity contribution in [2.75, 3.05) is 26.3 Å². The maximum absolute atomic E-state index is 11.9. The molecule has 1 saturated heterocycles. The topological polar surface area (TPSA) is 41.6 Å². The van der Waals surface area contributed by atoms with Crippen LogP contribution in [0.3, 0.4) is 0 Å². The highest BCUT2D eigenvalue weighted by Crippen LogP contribution is 2.23. The van der Waals surface area contributed by atoms with Crippen LogP contribution in [0.5, 0.6) is 0 Å². The molecule has 0 aliphatic carbocycles. The second-order valence-corrected chi connectivity index (χ2v) is 4.93. The van der Waals surface area contributed by atoms with Gasteiger partial charge in [-0.05, 0) is 34.1 Å². The number of nitrogens with one attached hydrogen (secondary N) is 1. The van der Waals surface area contributed by atoms with E-state index in [0.717, 1.165) is 4.47 Å². The van der Waals surface area contributed by atoms with Crippen LogP contribution in [0.2, 0.25) is 5.02 Å². The molecule has 1 aliphatic heterocycles. The molecule has 17 heavy (non-hydrogen) atoms. The van der Waals surface area contributed by atoms with E-state index < -0.39 is 0 Å². The van der Waals surface area contributed by atoms with Crippen LogP contribution in [-0.4, -0.2) is 37.2 Å². The lowest BCUT2D eigenvalue weighted by molar-refractivity contribution is 0.0126. The number of morpholine rings is 1.